The van der Waals surface area contributed by atoms with Crippen molar-refractivity contribution in [2.75, 3.05) is 19.8 Å². The summed E-state index contributed by atoms with van der Waals surface area (Å²) in [7, 11) is -2.25. The van der Waals surface area contributed by atoms with Crippen LogP contribution in [0.4, 0.5) is 0 Å². The molecule has 0 radical (unpaired) electrons. The molecule has 7 heteroatoms. The summed E-state index contributed by atoms with van der Waals surface area (Å²) in [6, 6.07) is 0. The van der Waals surface area contributed by atoms with Gasteiger partial charge in [0.1, 0.15) is 0 Å². The van der Waals surface area contributed by atoms with Gasteiger partial charge in [0, 0.05) is 26.4 Å². The van der Waals surface area contributed by atoms with E-state index in [9.17, 15) is 0 Å². The molecule has 0 N–H and O–H groups in total. The van der Waals surface area contributed by atoms with E-state index in [0.29, 0.717) is 19.8 Å². The molecule has 0 atom stereocenters. The molecule has 5 nitrogen and oxygen atoms in total. The largest absolute Gasteiger partial charge is 4.00 e. The Kier molecular flexibility index (Phi) is 23.7. The summed E-state index contributed by atoms with van der Waals surface area (Å²) >= 11 is 0. The first kappa shape index (κ1) is 24.1. The van der Waals surface area contributed by atoms with Crippen LogP contribution in [-0.2, 0) is 45.9 Å². The van der Waals surface area contributed by atoms with Crippen molar-refractivity contribution in [2.24, 2.45) is 0 Å². The fourth-order valence-electron chi connectivity index (χ4n) is 0.912. The normalized spacial score (nSPS) is 9.43. The zero-order valence-corrected chi connectivity index (χ0v) is 11.7. The second-order valence-corrected chi connectivity index (χ2v) is 4.75. The van der Waals surface area contributed by atoms with Crippen LogP contribution in [0, 0.1) is 0 Å². The molecule has 84 valence electrons. The maximum Gasteiger partial charge on any atom is 4.00 e. The molecule has 0 aliphatic rings. The molecule has 0 aromatic carbocycles. The third-order valence-corrected chi connectivity index (χ3v) is 3.66. The smallest absolute Gasteiger partial charge is 2.00 e. The van der Waals surface area contributed by atoms with Gasteiger partial charge in [0.05, 0.1) is 0 Å². The second kappa shape index (κ2) is 13.7. The Morgan fingerprint density at radius 3 is 1.14 bits per heavy atom. The van der Waals surface area contributed by atoms with Crippen molar-refractivity contribution in [1.29, 1.82) is 0 Å². The first-order chi connectivity index (χ1) is 5.18. The Bertz CT molecular complexity index is 89.1. The molecule has 0 fully saturated rings. The first-order valence-electron chi connectivity index (χ1n) is 4.10. The Balaban J connectivity index is -0.000000167. The van der Waals surface area contributed by atoms with Crippen LogP contribution in [0.1, 0.15) is 20.8 Å². The number of hydrogen-bond acceptors (Lipinski definition) is 3. The van der Waals surface area contributed by atoms with E-state index in [2.05, 4.69) is 0 Å². The second-order valence-electron chi connectivity index (χ2n) is 2.16. The van der Waals surface area contributed by atoms with Gasteiger partial charge in [0.15, 0.2) is 0 Å². The fourth-order valence-corrected chi connectivity index (χ4v) is 2.73. The van der Waals surface area contributed by atoms with Crippen molar-refractivity contribution in [3.8, 4) is 0 Å². The predicted molar refractivity (Wildman–Crippen MR) is 47.9 cm³/mol. The maximum absolute atomic E-state index is 5.40. The van der Waals surface area contributed by atoms with Gasteiger partial charge >= 0.3 is 30.5 Å². The minimum absolute atomic E-state index is 0. The van der Waals surface area contributed by atoms with Gasteiger partial charge < -0.3 is 24.2 Å². The van der Waals surface area contributed by atoms with Crippen LogP contribution in [0.15, 0.2) is 0 Å². The van der Waals surface area contributed by atoms with Gasteiger partial charge in [-0.2, -0.15) is 0 Å². The van der Waals surface area contributed by atoms with Crippen molar-refractivity contribution in [1.82, 2.24) is 0 Å². The first-order valence-corrected chi connectivity index (χ1v) is 6.32. The van der Waals surface area contributed by atoms with Crippen molar-refractivity contribution >= 4 is 8.80 Å². The van der Waals surface area contributed by atoms with Gasteiger partial charge in [-0.3, -0.25) is 0 Å². The molecule has 0 spiro atoms. The minimum atomic E-state index is -2.25. The third kappa shape index (κ3) is 10.8. The van der Waals surface area contributed by atoms with Crippen LogP contribution in [0.3, 0.4) is 0 Å². The van der Waals surface area contributed by atoms with Gasteiger partial charge in [-0.25, -0.2) is 0 Å². The zero-order valence-electron chi connectivity index (χ0n) is 9.16. The van der Waals surface area contributed by atoms with E-state index in [0.717, 1.165) is 0 Å². The number of rotatable bonds is 6. The van der Waals surface area contributed by atoms with Crippen molar-refractivity contribution in [3.05, 3.63) is 0 Å². The van der Waals surface area contributed by atoms with Gasteiger partial charge in [-0.15, -0.1) is 0 Å². The molecular formula is C7H18O5SiTi. The molecule has 14 heavy (non-hydrogen) atoms. The molecule has 0 aliphatic carbocycles. The van der Waals surface area contributed by atoms with E-state index in [4.69, 9.17) is 13.3 Å². The van der Waals surface area contributed by atoms with E-state index >= 15 is 0 Å². The van der Waals surface area contributed by atoms with Crippen molar-refractivity contribution in [3.63, 3.8) is 0 Å². The maximum atomic E-state index is 5.40. The number of hydrogen-bond donors (Lipinski definition) is 0. The standard InChI is InChI=1S/C7H18O3Si.2O.Ti/c1-5-8-11(4,9-6-2)10-7-3;;;/h5-7H2,1-4H3;;;/q;2*-2;+4. The third-order valence-electron chi connectivity index (χ3n) is 1.22. The summed E-state index contributed by atoms with van der Waals surface area (Å²) in [5.74, 6) is 0. The predicted octanol–water partition coefficient (Wildman–Crippen LogP) is 1.42. The minimum Gasteiger partial charge on any atom is -2.00 e. The molecule has 0 aromatic rings. The topological polar surface area (TPSA) is 84.7 Å². The molecule has 0 heterocycles. The molecule has 0 bridgehead atoms. The fraction of sp³-hybridized carbons (Fsp3) is 1.00. The van der Waals surface area contributed by atoms with Crippen molar-refractivity contribution in [2.45, 2.75) is 27.3 Å². The molecule has 0 unspecified atom stereocenters. The molecule has 0 aliphatic heterocycles. The molecule has 0 rings (SSSR count). The van der Waals surface area contributed by atoms with Gasteiger partial charge in [-0.05, 0) is 20.8 Å². The van der Waals surface area contributed by atoms with E-state index in [-0.39, 0.29) is 32.7 Å². The zero-order chi connectivity index (χ0) is 8.74. The van der Waals surface area contributed by atoms with E-state index in [1.165, 1.54) is 0 Å². The van der Waals surface area contributed by atoms with E-state index < -0.39 is 8.80 Å². The molecule has 0 amide bonds. The Morgan fingerprint density at radius 2 is 1.00 bits per heavy atom. The van der Waals surface area contributed by atoms with Gasteiger partial charge in [-0.1, -0.05) is 0 Å². The SMILES string of the molecule is CCO[Si](C)(OCC)OCC.[O-2].[O-2].[Ti+4]. The average molecular weight is 258 g/mol. The summed E-state index contributed by atoms with van der Waals surface area (Å²) in [6.45, 7) is 9.73. The van der Waals surface area contributed by atoms with Crippen LogP contribution in [0.5, 0.6) is 0 Å². The van der Waals surface area contributed by atoms with Crippen LogP contribution >= 0.6 is 0 Å². The molecular weight excluding hydrogens is 240 g/mol. The van der Waals surface area contributed by atoms with Crippen LogP contribution < -0.4 is 0 Å². The Labute approximate surface area is 102 Å². The average Bonchev–Trinajstić information content (AvgIpc) is 1.88. The van der Waals surface area contributed by atoms with Crippen molar-refractivity contribution < 1.29 is 45.9 Å². The molecule has 0 saturated carbocycles. The summed E-state index contributed by atoms with van der Waals surface area (Å²) in [4.78, 5) is 0. The van der Waals surface area contributed by atoms with Crippen LogP contribution in [-0.4, -0.2) is 28.6 Å². The Morgan fingerprint density at radius 1 is 0.786 bits per heavy atom. The van der Waals surface area contributed by atoms with Crippen LogP contribution in [0.25, 0.3) is 0 Å². The quantitative estimate of drug-likeness (QED) is 0.675. The summed E-state index contributed by atoms with van der Waals surface area (Å²) in [6.07, 6.45) is 0. The van der Waals surface area contributed by atoms with Gasteiger partial charge in [0.25, 0.3) is 0 Å². The van der Waals surface area contributed by atoms with E-state index in [1.807, 2.05) is 27.3 Å². The summed E-state index contributed by atoms with van der Waals surface area (Å²) < 4.78 is 16.2. The Hall–Kier alpha value is 0.731. The van der Waals surface area contributed by atoms with Gasteiger partial charge in [0.2, 0.25) is 0 Å². The summed E-state index contributed by atoms with van der Waals surface area (Å²) in [5.41, 5.74) is 0. The van der Waals surface area contributed by atoms with Crippen LogP contribution in [0.2, 0.25) is 6.55 Å². The monoisotopic (exact) mass is 258 g/mol. The summed E-state index contributed by atoms with van der Waals surface area (Å²) in [5, 5.41) is 0. The van der Waals surface area contributed by atoms with E-state index in [1.54, 1.807) is 0 Å². The molecule has 0 aromatic heterocycles. The molecule has 0 saturated heterocycles.